The van der Waals surface area contributed by atoms with Gasteiger partial charge in [-0.2, -0.15) is 0 Å². The third-order valence-electron chi connectivity index (χ3n) is 2.93. The molecule has 0 fully saturated rings. The van der Waals surface area contributed by atoms with Crippen LogP contribution in [0.5, 0.6) is 0 Å². The molecular formula is C15H15BrN2O2S. The zero-order chi connectivity index (χ0) is 15.4. The first-order valence-electron chi connectivity index (χ1n) is 6.43. The lowest BCUT2D eigenvalue weighted by Crippen LogP contribution is -2.41. The van der Waals surface area contributed by atoms with Crippen molar-refractivity contribution < 1.29 is 9.59 Å². The molecule has 6 heteroatoms. The summed E-state index contributed by atoms with van der Waals surface area (Å²) in [7, 11) is 0. The molecule has 0 bridgehead atoms. The second kappa shape index (κ2) is 6.87. The molecule has 0 unspecified atom stereocenters. The van der Waals surface area contributed by atoms with E-state index in [0.29, 0.717) is 16.4 Å². The summed E-state index contributed by atoms with van der Waals surface area (Å²) in [6, 6.07) is 10.8. The lowest BCUT2D eigenvalue weighted by molar-refractivity contribution is 0.0849. The van der Waals surface area contributed by atoms with Crippen molar-refractivity contribution >= 4 is 39.1 Å². The Kier molecular flexibility index (Phi) is 5.14. The van der Waals surface area contributed by atoms with Gasteiger partial charge in [0.15, 0.2) is 0 Å². The molecule has 110 valence electrons. The molecule has 2 amide bonds. The van der Waals surface area contributed by atoms with Gasteiger partial charge in [0, 0.05) is 5.56 Å². The van der Waals surface area contributed by atoms with Crippen molar-refractivity contribution in [3.8, 4) is 0 Å². The average Bonchev–Trinajstić information content (AvgIpc) is 2.91. The number of carbonyl (C=O) groups excluding carboxylic acids is 2. The molecule has 21 heavy (non-hydrogen) atoms. The van der Waals surface area contributed by atoms with Gasteiger partial charge in [-0.1, -0.05) is 26.0 Å². The average molecular weight is 367 g/mol. The monoisotopic (exact) mass is 366 g/mol. The molecule has 1 aromatic carbocycles. The van der Waals surface area contributed by atoms with Crippen molar-refractivity contribution in [2.45, 2.75) is 19.8 Å². The first-order chi connectivity index (χ1) is 9.97. The Hall–Kier alpha value is -1.66. The van der Waals surface area contributed by atoms with Crippen LogP contribution in [-0.4, -0.2) is 11.8 Å². The van der Waals surface area contributed by atoms with Crippen LogP contribution in [0.3, 0.4) is 0 Å². The van der Waals surface area contributed by atoms with Crippen LogP contribution in [0.15, 0.2) is 40.2 Å². The van der Waals surface area contributed by atoms with Crippen molar-refractivity contribution in [1.29, 1.82) is 0 Å². The zero-order valence-electron chi connectivity index (χ0n) is 11.6. The minimum Gasteiger partial charge on any atom is -0.267 e. The van der Waals surface area contributed by atoms with Crippen LogP contribution in [-0.2, 0) is 0 Å². The Morgan fingerprint density at radius 2 is 1.62 bits per heavy atom. The van der Waals surface area contributed by atoms with Crippen LogP contribution in [0.2, 0.25) is 0 Å². The van der Waals surface area contributed by atoms with E-state index >= 15 is 0 Å². The fourth-order valence-corrected chi connectivity index (χ4v) is 2.98. The summed E-state index contributed by atoms with van der Waals surface area (Å²) in [5.41, 5.74) is 6.48. The van der Waals surface area contributed by atoms with Crippen LogP contribution in [0, 0.1) is 0 Å². The van der Waals surface area contributed by atoms with Crippen LogP contribution >= 0.6 is 27.3 Å². The molecule has 0 spiro atoms. The van der Waals surface area contributed by atoms with Crippen LogP contribution in [0.4, 0.5) is 0 Å². The SMILES string of the molecule is CC(C)c1ccc(C(=O)NNC(=O)c2ccc(Br)s2)cc1. The summed E-state index contributed by atoms with van der Waals surface area (Å²) >= 11 is 4.59. The third-order valence-corrected chi connectivity index (χ3v) is 4.55. The molecule has 1 aromatic heterocycles. The summed E-state index contributed by atoms with van der Waals surface area (Å²) in [5, 5.41) is 0. The van der Waals surface area contributed by atoms with Gasteiger partial charge in [-0.05, 0) is 51.7 Å². The highest BCUT2D eigenvalue weighted by molar-refractivity contribution is 9.11. The number of rotatable bonds is 3. The quantitative estimate of drug-likeness (QED) is 0.813. The van der Waals surface area contributed by atoms with E-state index in [0.717, 1.165) is 3.79 Å². The maximum atomic E-state index is 11.9. The second-order valence-corrected chi connectivity index (χ2v) is 7.25. The summed E-state index contributed by atoms with van der Waals surface area (Å²) < 4.78 is 0.864. The maximum absolute atomic E-state index is 11.9. The summed E-state index contributed by atoms with van der Waals surface area (Å²) in [6.45, 7) is 4.18. The first-order valence-corrected chi connectivity index (χ1v) is 8.04. The van der Waals surface area contributed by atoms with E-state index in [9.17, 15) is 9.59 Å². The van der Waals surface area contributed by atoms with Gasteiger partial charge in [0.1, 0.15) is 0 Å². The van der Waals surface area contributed by atoms with Crippen LogP contribution in [0.1, 0.15) is 45.4 Å². The molecule has 2 rings (SSSR count). The molecule has 2 aromatic rings. The number of hydrogen-bond acceptors (Lipinski definition) is 3. The Balaban J connectivity index is 1.94. The van der Waals surface area contributed by atoms with Crippen molar-refractivity contribution in [1.82, 2.24) is 10.9 Å². The van der Waals surface area contributed by atoms with E-state index in [-0.39, 0.29) is 11.8 Å². The van der Waals surface area contributed by atoms with Gasteiger partial charge in [-0.25, -0.2) is 0 Å². The van der Waals surface area contributed by atoms with Gasteiger partial charge in [0.2, 0.25) is 0 Å². The molecule has 4 nitrogen and oxygen atoms in total. The summed E-state index contributed by atoms with van der Waals surface area (Å²) in [5.74, 6) is -0.258. The van der Waals surface area contributed by atoms with Crippen molar-refractivity contribution in [2.24, 2.45) is 0 Å². The van der Waals surface area contributed by atoms with Crippen LogP contribution in [0.25, 0.3) is 0 Å². The van der Waals surface area contributed by atoms with E-state index in [2.05, 4.69) is 40.6 Å². The second-order valence-electron chi connectivity index (χ2n) is 4.79. The van der Waals surface area contributed by atoms with Gasteiger partial charge in [-0.3, -0.25) is 20.4 Å². The van der Waals surface area contributed by atoms with E-state index in [1.807, 2.05) is 12.1 Å². The highest BCUT2D eigenvalue weighted by Gasteiger charge is 2.11. The number of halogens is 1. The minimum absolute atomic E-state index is 0.335. The smallest absolute Gasteiger partial charge is 0.267 e. The van der Waals surface area contributed by atoms with Gasteiger partial charge >= 0.3 is 0 Å². The summed E-state index contributed by atoms with van der Waals surface area (Å²) in [4.78, 5) is 24.3. The van der Waals surface area contributed by atoms with Gasteiger partial charge in [-0.15, -0.1) is 11.3 Å². The number of carbonyl (C=O) groups is 2. The predicted octanol–water partition coefficient (Wildman–Crippen LogP) is 3.71. The Labute approximate surface area is 135 Å². The first kappa shape index (κ1) is 15.7. The fraction of sp³-hybridized carbons (Fsp3) is 0.200. The molecule has 0 atom stereocenters. The number of nitrogens with one attached hydrogen (secondary N) is 2. The molecule has 0 radical (unpaired) electrons. The lowest BCUT2D eigenvalue weighted by Gasteiger charge is -2.08. The maximum Gasteiger partial charge on any atom is 0.279 e. The van der Waals surface area contributed by atoms with Gasteiger partial charge < -0.3 is 0 Å². The van der Waals surface area contributed by atoms with Crippen molar-refractivity contribution in [2.75, 3.05) is 0 Å². The topological polar surface area (TPSA) is 58.2 Å². The van der Waals surface area contributed by atoms with E-state index < -0.39 is 0 Å². The number of benzene rings is 1. The molecule has 0 aliphatic rings. The lowest BCUT2D eigenvalue weighted by atomic mass is 10.0. The molecular weight excluding hydrogens is 352 g/mol. The number of hydrazine groups is 1. The fourth-order valence-electron chi connectivity index (χ4n) is 1.70. The molecule has 0 saturated heterocycles. The minimum atomic E-state index is -0.339. The standard InChI is InChI=1S/C15H15BrN2O2S/c1-9(2)10-3-5-11(6-4-10)14(19)17-18-15(20)12-7-8-13(16)21-12/h3-9H,1-2H3,(H,17,19)(H,18,20). The highest BCUT2D eigenvalue weighted by Crippen LogP contribution is 2.21. The van der Waals surface area contributed by atoms with E-state index in [1.165, 1.54) is 16.9 Å². The molecule has 0 aliphatic carbocycles. The van der Waals surface area contributed by atoms with Gasteiger partial charge in [0.25, 0.3) is 11.8 Å². The normalized spacial score (nSPS) is 10.5. The molecule has 1 heterocycles. The molecule has 0 saturated carbocycles. The Bertz CT molecular complexity index is 650. The van der Waals surface area contributed by atoms with Crippen molar-refractivity contribution in [3.05, 3.63) is 56.2 Å². The largest absolute Gasteiger partial charge is 0.279 e. The number of amides is 2. The Morgan fingerprint density at radius 3 is 2.14 bits per heavy atom. The highest BCUT2D eigenvalue weighted by atomic mass is 79.9. The van der Waals surface area contributed by atoms with Gasteiger partial charge in [0.05, 0.1) is 8.66 Å². The molecule has 0 aliphatic heterocycles. The third kappa shape index (κ3) is 4.15. The van der Waals surface area contributed by atoms with Crippen LogP contribution < -0.4 is 10.9 Å². The Morgan fingerprint density at radius 1 is 1.00 bits per heavy atom. The number of thiophene rings is 1. The molecule has 2 N–H and O–H groups in total. The van der Waals surface area contributed by atoms with E-state index in [4.69, 9.17) is 0 Å². The van der Waals surface area contributed by atoms with Crippen molar-refractivity contribution in [3.63, 3.8) is 0 Å². The summed E-state index contributed by atoms with van der Waals surface area (Å²) in [6.07, 6.45) is 0. The van der Waals surface area contributed by atoms with E-state index in [1.54, 1.807) is 24.3 Å². The number of hydrogen-bond donors (Lipinski definition) is 2. The zero-order valence-corrected chi connectivity index (χ0v) is 14.0. The predicted molar refractivity (Wildman–Crippen MR) is 87.5 cm³/mol.